The first kappa shape index (κ1) is 17.2. The molecule has 27 heavy (non-hydrogen) atoms. The molecule has 0 saturated carbocycles. The van der Waals surface area contributed by atoms with E-state index in [1.807, 2.05) is 37.3 Å². The summed E-state index contributed by atoms with van der Waals surface area (Å²) in [4.78, 5) is 23.6. The standard InChI is InChI=1S/C22H22N4O/c1-16-8-10-17(11-9-16)15-24-21(27)19-12-13-23-22(25-19)26-14-4-6-18-5-2-3-7-20(18)26/h2-3,5,7-13H,4,6,14-15H2,1H3,(H,24,27). The Morgan fingerprint density at radius 1 is 1.11 bits per heavy atom. The highest BCUT2D eigenvalue weighted by molar-refractivity contribution is 5.92. The molecule has 0 radical (unpaired) electrons. The highest BCUT2D eigenvalue weighted by atomic mass is 16.1. The lowest BCUT2D eigenvalue weighted by Gasteiger charge is -2.29. The number of amides is 1. The Morgan fingerprint density at radius 3 is 2.78 bits per heavy atom. The molecule has 1 aromatic heterocycles. The summed E-state index contributed by atoms with van der Waals surface area (Å²) in [5, 5.41) is 2.94. The van der Waals surface area contributed by atoms with E-state index in [0.29, 0.717) is 18.2 Å². The van der Waals surface area contributed by atoms with E-state index < -0.39 is 0 Å². The third-order valence-electron chi connectivity index (χ3n) is 4.80. The molecule has 5 nitrogen and oxygen atoms in total. The number of nitrogens with one attached hydrogen (secondary N) is 1. The quantitative estimate of drug-likeness (QED) is 0.771. The van der Waals surface area contributed by atoms with Crippen molar-refractivity contribution in [3.05, 3.63) is 83.2 Å². The van der Waals surface area contributed by atoms with Crippen molar-refractivity contribution in [1.29, 1.82) is 0 Å². The van der Waals surface area contributed by atoms with Crippen molar-refractivity contribution >= 4 is 17.5 Å². The lowest BCUT2D eigenvalue weighted by Crippen LogP contribution is -2.28. The van der Waals surface area contributed by atoms with Crippen LogP contribution in [0.25, 0.3) is 0 Å². The van der Waals surface area contributed by atoms with Crippen LogP contribution < -0.4 is 10.2 Å². The summed E-state index contributed by atoms with van der Waals surface area (Å²) < 4.78 is 0. The van der Waals surface area contributed by atoms with Gasteiger partial charge >= 0.3 is 0 Å². The maximum Gasteiger partial charge on any atom is 0.270 e. The first-order valence-corrected chi connectivity index (χ1v) is 9.23. The zero-order chi connectivity index (χ0) is 18.6. The Labute approximate surface area is 159 Å². The third kappa shape index (κ3) is 3.82. The van der Waals surface area contributed by atoms with Crippen molar-refractivity contribution in [3.8, 4) is 0 Å². The van der Waals surface area contributed by atoms with E-state index in [-0.39, 0.29) is 5.91 Å². The zero-order valence-corrected chi connectivity index (χ0v) is 15.4. The van der Waals surface area contributed by atoms with Gasteiger partial charge in [-0.3, -0.25) is 4.79 Å². The number of rotatable bonds is 4. The number of anilines is 2. The van der Waals surface area contributed by atoms with Crippen LogP contribution in [0.4, 0.5) is 11.6 Å². The molecule has 1 amide bonds. The van der Waals surface area contributed by atoms with Crippen molar-refractivity contribution in [1.82, 2.24) is 15.3 Å². The molecule has 3 aromatic rings. The molecule has 2 heterocycles. The molecule has 0 aliphatic carbocycles. The number of carbonyl (C=O) groups is 1. The average molecular weight is 358 g/mol. The molecule has 1 aliphatic rings. The fourth-order valence-corrected chi connectivity index (χ4v) is 3.33. The molecule has 2 aromatic carbocycles. The maximum absolute atomic E-state index is 12.5. The Balaban J connectivity index is 1.51. The number of fused-ring (bicyclic) bond motifs is 1. The van der Waals surface area contributed by atoms with Crippen LogP contribution in [0.5, 0.6) is 0 Å². The van der Waals surface area contributed by atoms with Crippen molar-refractivity contribution < 1.29 is 4.79 Å². The monoisotopic (exact) mass is 358 g/mol. The third-order valence-corrected chi connectivity index (χ3v) is 4.80. The summed E-state index contributed by atoms with van der Waals surface area (Å²) in [5.74, 6) is 0.384. The largest absolute Gasteiger partial charge is 0.347 e. The molecule has 0 saturated heterocycles. The number of aromatic nitrogens is 2. The van der Waals surface area contributed by atoms with Gasteiger partial charge in [-0.25, -0.2) is 9.97 Å². The maximum atomic E-state index is 12.5. The van der Waals surface area contributed by atoms with E-state index in [1.54, 1.807) is 12.3 Å². The molecule has 0 unspecified atom stereocenters. The summed E-state index contributed by atoms with van der Waals surface area (Å²) in [6.07, 6.45) is 3.76. The van der Waals surface area contributed by atoms with Crippen LogP contribution >= 0.6 is 0 Å². The molecule has 0 spiro atoms. The van der Waals surface area contributed by atoms with E-state index in [1.165, 1.54) is 11.1 Å². The van der Waals surface area contributed by atoms with E-state index in [2.05, 4.69) is 38.4 Å². The van der Waals surface area contributed by atoms with Gasteiger partial charge < -0.3 is 10.2 Å². The predicted molar refractivity (Wildman–Crippen MR) is 106 cm³/mol. The molecule has 1 N–H and O–H groups in total. The van der Waals surface area contributed by atoms with Crippen LogP contribution in [0.2, 0.25) is 0 Å². The van der Waals surface area contributed by atoms with E-state index in [0.717, 1.165) is 30.6 Å². The highest BCUT2D eigenvalue weighted by Gasteiger charge is 2.20. The smallest absolute Gasteiger partial charge is 0.270 e. The van der Waals surface area contributed by atoms with Gasteiger partial charge in [-0.15, -0.1) is 0 Å². The zero-order valence-electron chi connectivity index (χ0n) is 15.4. The van der Waals surface area contributed by atoms with E-state index in [9.17, 15) is 4.79 Å². The molecule has 0 fully saturated rings. The normalized spacial score (nSPS) is 13.1. The highest BCUT2D eigenvalue weighted by Crippen LogP contribution is 2.31. The molecule has 4 rings (SSSR count). The van der Waals surface area contributed by atoms with Crippen LogP contribution in [0.15, 0.2) is 60.8 Å². The summed E-state index contributed by atoms with van der Waals surface area (Å²) in [5.41, 5.74) is 5.07. The molecule has 5 heteroatoms. The van der Waals surface area contributed by atoms with E-state index >= 15 is 0 Å². The summed E-state index contributed by atoms with van der Waals surface area (Å²) in [6, 6.07) is 18.1. The number of benzene rings is 2. The molecule has 136 valence electrons. The van der Waals surface area contributed by atoms with Crippen LogP contribution in [0.3, 0.4) is 0 Å². The van der Waals surface area contributed by atoms with Crippen molar-refractivity contribution in [3.63, 3.8) is 0 Å². The van der Waals surface area contributed by atoms with Gasteiger partial charge in [0, 0.05) is 25.0 Å². The molecular weight excluding hydrogens is 336 g/mol. The molecular formula is C22H22N4O. The topological polar surface area (TPSA) is 58.1 Å². The minimum absolute atomic E-state index is 0.190. The Bertz CT molecular complexity index is 953. The van der Waals surface area contributed by atoms with Crippen molar-refractivity contribution in [2.45, 2.75) is 26.3 Å². The second kappa shape index (κ2) is 7.58. The van der Waals surface area contributed by atoms with Gasteiger partial charge in [-0.2, -0.15) is 0 Å². The van der Waals surface area contributed by atoms with Gasteiger partial charge in [0.05, 0.1) is 0 Å². The SMILES string of the molecule is Cc1ccc(CNC(=O)c2ccnc(N3CCCc4ccccc43)n2)cc1. The van der Waals surface area contributed by atoms with Gasteiger partial charge in [-0.05, 0) is 43.0 Å². The van der Waals surface area contributed by atoms with Gasteiger partial charge in [0.15, 0.2) is 0 Å². The molecule has 0 atom stereocenters. The van der Waals surface area contributed by atoms with Crippen LogP contribution in [-0.4, -0.2) is 22.4 Å². The number of aryl methyl sites for hydroxylation is 2. The Hall–Kier alpha value is -3.21. The fraction of sp³-hybridized carbons (Fsp3) is 0.227. The number of nitrogens with zero attached hydrogens (tertiary/aromatic N) is 3. The van der Waals surface area contributed by atoms with Crippen molar-refractivity contribution in [2.24, 2.45) is 0 Å². The summed E-state index contributed by atoms with van der Waals surface area (Å²) >= 11 is 0. The van der Waals surface area contributed by atoms with Gasteiger partial charge in [0.1, 0.15) is 5.69 Å². The average Bonchev–Trinajstić information content (AvgIpc) is 2.73. The minimum Gasteiger partial charge on any atom is -0.347 e. The fourth-order valence-electron chi connectivity index (χ4n) is 3.33. The number of hydrogen-bond donors (Lipinski definition) is 1. The van der Waals surface area contributed by atoms with Crippen LogP contribution in [-0.2, 0) is 13.0 Å². The first-order chi connectivity index (χ1) is 13.2. The summed E-state index contributed by atoms with van der Waals surface area (Å²) in [7, 11) is 0. The number of hydrogen-bond acceptors (Lipinski definition) is 4. The van der Waals surface area contributed by atoms with E-state index in [4.69, 9.17) is 0 Å². The minimum atomic E-state index is -0.190. The lowest BCUT2D eigenvalue weighted by atomic mass is 10.0. The van der Waals surface area contributed by atoms with Gasteiger partial charge in [0.2, 0.25) is 5.95 Å². The lowest BCUT2D eigenvalue weighted by molar-refractivity contribution is 0.0946. The Morgan fingerprint density at radius 2 is 1.93 bits per heavy atom. The van der Waals surface area contributed by atoms with Gasteiger partial charge in [0.25, 0.3) is 5.91 Å². The first-order valence-electron chi connectivity index (χ1n) is 9.23. The summed E-state index contributed by atoms with van der Waals surface area (Å²) in [6.45, 7) is 3.37. The van der Waals surface area contributed by atoms with Crippen LogP contribution in [0.1, 0.15) is 33.6 Å². The van der Waals surface area contributed by atoms with Crippen molar-refractivity contribution in [2.75, 3.05) is 11.4 Å². The Kier molecular flexibility index (Phi) is 4.83. The second-order valence-corrected chi connectivity index (χ2v) is 6.79. The van der Waals surface area contributed by atoms with Crippen LogP contribution in [0, 0.1) is 6.92 Å². The number of carbonyl (C=O) groups excluding carboxylic acids is 1. The van der Waals surface area contributed by atoms with Gasteiger partial charge in [-0.1, -0.05) is 48.0 Å². The molecule has 1 aliphatic heterocycles. The molecule has 0 bridgehead atoms. The predicted octanol–water partition coefficient (Wildman–Crippen LogP) is 3.80. The number of para-hydroxylation sites is 1. The second-order valence-electron chi connectivity index (χ2n) is 6.79.